The summed E-state index contributed by atoms with van der Waals surface area (Å²) in [5.41, 5.74) is 0.994. The maximum Gasteiger partial charge on any atom is 0.412 e. The molecule has 4 nitrogen and oxygen atoms in total. The lowest BCUT2D eigenvalue weighted by Gasteiger charge is -2.22. The molecule has 1 saturated heterocycles. The van der Waals surface area contributed by atoms with Crippen molar-refractivity contribution in [1.29, 1.82) is 0 Å². The van der Waals surface area contributed by atoms with Gasteiger partial charge in [0.25, 0.3) is 0 Å². The second-order valence-corrected chi connectivity index (χ2v) is 4.07. The third-order valence-electron chi connectivity index (χ3n) is 2.91. The fourth-order valence-electron chi connectivity index (χ4n) is 1.99. The predicted molar refractivity (Wildman–Crippen MR) is 63.4 cm³/mol. The molecule has 1 amide bonds. The molecular weight excluding hydrogens is 218 g/mol. The van der Waals surface area contributed by atoms with Crippen LogP contribution in [-0.4, -0.2) is 30.9 Å². The van der Waals surface area contributed by atoms with Crippen LogP contribution in [0.1, 0.15) is 18.4 Å². The van der Waals surface area contributed by atoms with Gasteiger partial charge < -0.3 is 9.47 Å². The Labute approximate surface area is 101 Å². The van der Waals surface area contributed by atoms with Crippen LogP contribution >= 0.6 is 0 Å². The fourth-order valence-corrected chi connectivity index (χ4v) is 1.99. The number of hydrogen-bond donors (Lipinski definition) is 0. The monoisotopic (exact) mass is 235 g/mol. The van der Waals surface area contributed by atoms with Crippen LogP contribution in [0.4, 0.5) is 4.79 Å². The molecule has 1 aliphatic rings. The molecule has 0 N–H and O–H groups in total. The lowest BCUT2D eigenvalue weighted by atomic mass is 10.2. The first-order valence-corrected chi connectivity index (χ1v) is 5.81. The summed E-state index contributed by atoms with van der Waals surface area (Å²) in [6.07, 6.45) is 1.44. The van der Waals surface area contributed by atoms with Crippen molar-refractivity contribution in [2.24, 2.45) is 0 Å². The molecule has 0 saturated carbocycles. The second-order valence-electron chi connectivity index (χ2n) is 4.07. The number of benzene rings is 1. The van der Waals surface area contributed by atoms with Gasteiger partial charge in [0.05, 0.1) is 0 Å². The Morgan fingerprint density at radius 2 is 2.18 bits per heavy atom. The molecule has 0 aliphatic carbocycles. The Bertz CT molecular complexity index is 366. The van der Waals surface area contributed by atoms with Gasteiger partial charge in [0.2, 0.25) is 0 Å². The Hall–Kier alpha value is -1.55. The molecule has 1 fully saturated rings. The zero-order valence-electron chi connectivity index (χ0n) is 9.96. The zero-order valence-corrected chi connectivity index (χ0v) is 9.96. The Kier molecular flexibility index (Phi) is 3.98. The van der Waals surface area contributed by atoms with Crippen molar-refractivity contribution < 1.29 is 14.3 Å². The van der Waals surface area contributed by atoms with E-state index in [1.54, 1.807) is 12.0 Å². The Morgan fingerprint density at radius 3 is 2.88 bits per heavy atom. The SMILES string of the molecule is COC1CCCN1C(=O)OCc1ccccc1. The van der Waals surface area contributed by atoms with E-state index < -0.39 is 0 Å². The summed E-state index contributed by atoms with van der Waals surface area (Å²) < 4.78 is 10.5. The minimum Gasteiger partial charge on any atom is -0.444 e. The van der Waals surface area contributed by atoms with Crippen molar-refractivity contribution in [3.05, 3.63) is 35.9 Å². The normalized spacial score (nSPS) is 19.4. The minimum atomic E-state index is -0.293. The van der Waals surface area contributed by atoms with Crippen LogP contribution in [0.2, 0.25) is 0 Å². The largest absolute Gasteiger partial charge is 0.444 e. The quantitative estimate of drug-likeness (QED) is 0.807. The molecule has 17 heavy (non-hydrogen) atoms. The molecule has 0 aromatic heterocycles. The van der Waals surface area contributed by atoms with Gasteiger partial charge in [0.1, 0.15) is 12.8 Å². The van der Waals surface area contributed by atoms with Crippen molar-refractivity contribution >= 4 is 6.09 Å². The van der Waals surface area contributed by atoms with Gasteiger partial charge in [-0.25, -0.2) is 4.79 Å². The fraction of sp³-hybridized carbons (Fsp3) is 0.462. The van der Waals surface area contributed by atoms with Gasteiger partial charge in [-0.3, -0.25) is 4.90 Å². The van der Waals surface area contributed by atoms with E-state index in [0.717, 1.165) is 18.4 Å². The topological polar surface area (TPSA) is 38.8 Å². The molecular formula is C13H17NO3. The first kappa shape index (κ1) is 11.9. The van der Waals surface area contributed by atoms with E-state index in [2.05, 4.69) is 0 Å². The molecule has 4 heteroatoms. The van der Waals surface area contributed by atoms with Crippen molar-refractivity contribution in [3.8, 4) is 0 Å². The molecule has 1 heterocycles. The van der Waals surface area contributed by atoms with Crippen LogP contribution < -0.4 is 0 Å². The highest BCUT2D eigenvalue weighted by atomic mass is 16.6. The molecule has 2 rings (SSSR count). The van der Waals surface area contributed by atoms with E-state index in [9.17, 15) is 4.79 Å². The predicted octanol–water partition coefficient (Wildman–Crippen LogP) is 2.39. The highest BCUT2D eigenvalue weighted by molar-refractivity contribution is 5.68. The van der Waals surface area contributed by atoms with Gasteiger partial charge >= 0.3 is 6.09 Å². The average molecular weight is 235 g/mol. The van der Waals surface area contributed by atoms with Gasteiger partial charge in [-0.1, -0.05) is 30.3 Å². The van der Waals surface area contributed by atoms with Crippen molar-refractivity contribution in [2.75, 3.05) is 13.7 Å². The number of carbonyl (C=O) groups is 1. The van der Waals surface area contributed by atoms with Gasteiger partial charge in [-0.05, 0) is 18.4 Å². The summed E-state index contributed by atoms with van der Waals surface area (Å²) in [6.45, 7) is 1.03. The number of likely N-dealkylation sites (tertiary alicyclic amines) is 1. The highest BCUT2D eigenvalue weighted by Gasteiger charge is 2.29. The smallest absolute Gasteiger partial charge is 0.412 e. The van der Waals surface area contributed by atoms with Crippen LogP contribution in [0.15, 0.2) is 30.3 Å². The molecule has 1 aromatic carbocycles. The average Bonchev–Trinajstić information content (AvgIpc) is 2.85. The first-order valence-electron chi connectivity index (χ1n) is 5.81. The van der Waals surface area contributed by atoms with Crippen LogP contribution in [-0.2, 0) is 16.1 Å². The van der Waals surface area contributed by atoms with Crippen LogP contribution in [0.5, 0.6) is 0 Å². The van der Waals surface area contributed by atoms with Crippen LogP contribution in [0.25, 0.3) is 0 Å². The van der Waals surface area contributed by atoms with E-state index in [1.165, 1.54) is 0 Å². The molecule has 0 spiro atoms. The second kappa shape index (κ2) is 5.68. The van der Waals surface area contributed by atoms with Gasteiger partial charge in [0.15, 0.2) is 0 Å². The molecule has 1 aliphatic heterocycles. The third-order valence-corrected chi connectivity index (χ3v) is 2.91. The number of ether oxygens (including phenoxy) is 2. The van der Waals surface area contributed by atoms with E-state index in [-0.39, 0.29) is 12.3 Å². The minimum absolute atomic E-state index is 0.127. The summed E-state index contributed by atoms with van der Waals surface area (Å²) >= 11 is 0. The van der Waals surface area contributed by atoms with Crippen LogP contribution in [0, 0.1) is 0 Å². The molecule has 1 aromatic rings. The Morgan fingerprint density at radius 1 is 1.41 bits per heavy atom. The summed E-state index contributed by atoms with van der Waals surface area (Å²) in [5, 5.41) is 0. The molecule has 1 unspecified atom stereocenters. The molecule has 0 radical (unpaired) electrons. The lowest BCUT2D eigenvalue weighted by Crippen LogP contribution is -2.36. The number of rotatable bonds is 3. The van der Waals surface area contributed by atoms with Crippen molar-refractivity contribution in [1.82, 2.24) is 4.90 Å². The number of amides is 1. The van der Waals surface area contributed by atoms with Crippen molar-refractivity contribution in [3.63, 3.8) is 0 Å². The summed E-state index contributed by atoms with van der Waals surface area (Å²) in [4.78, 5) is 13.5. The standard InChI is InChI=1S/C13H17NO3/c1-16-12-8-5-9-14(12)13(15)17-10-11-6-3-2-4-7-11/h2-4,6-7,12H,5,8-10H2,1H3. The zero-order chi connectivity index (χ0) is 12.1. The third kappa shape index (κ3) is 2.97. The maximum absolute atomic E-state index is 11.8. The molecule has 1 atom stereocenters. The molecule has 0 bridgehead atoms. The van der Waals surface area contributed by atoms with E-state index in [1.807, 2.05) is 30.3 Å². The summed E-state index contributed by atoms with van der Waals surface area (Å²) in [7, 11) is 1.62. The highest BCUT2D eigenvalue weighted by Crippen LogP contribution is 2.18. The summed E-state index contributed by atoms with van der Waals surface area (Å²) in [6, 6.07) is 9.66. The van der Waals surface area contributed by atoms with Crippen LogP contribution in [0.3, 0.4) is 0 Å². The molecule has 92 valence electrons. The van der Waals surface area contributed by atoms with Gasteiger partial charge in [-0.15, -0.1) is 0 Å². The number of methoxy groups -OCH3 is 1. The van der Waals surface area contributed by atoms with E-state index in [0.29, 0.717) is 13.2 Å². The maximum atomic E-state index is 11.8. The van der Waals surface area contributed by atoms with Gasteiger partial charge in [-0.2, -0.15) is 0 Å². The summed E-state index contributed by atoms with van der Waals surface area (Å²) in [5.74, 6) is 0. The first-order chi connectivity index (χ1) is 8.31. The number of carbonyl (C=O) groups excluding carboxylic acids is 1. The number of nitrogens with zero attached hydrogens (tertiary/aromatic N) is 1. The van der Waals surface area contributed by atoms with Gasteiger partial charge in [0, 0.05) is 13.7 Å². The number of hydrogen-bond acceptors (Lipinski definition) is 3. The van der Waals surface area contributed by atoms with E-state index >= 15 is 0 Å². The van der Waals surface area contributed by atoms with Crippen molar-refractivity contribution in [2.45, 2.75) is 25.7 Å². The lowest BCUT2D eigenvalue weighted by molar-refractivity contribution is -0.00751. The Balaban J connectivity index is 1.85. The van der Waals surface area contributed by atoms with E-state index in [4.69, 9.17) is 9.47 Å².